The van der Waals surface area contributed by atoms with Gasteiger partial charge in [0.05, 0.1) is 10.6 Å². The Kier molecular flexibility index (Phi) is 4.31. The van der Waals surface area contributed by atoms with Crippen molar-refractivity contribution in [1.29, 1.82) is 0 Å². The van der Waals surface area contributed by atoms with Crippen molar-refractivity contribution in [1.82, 2.24) is 9.21 Å². The number of halogens is 1. The fourth-order valence-electron chi connectivity index (χ4n) is 2.38. The maximum Gasteiger partial charge on any atom is 0.243 e. The van der Waals surface area contributed by atoms with E-state index in [1.165, 1.54) is 16.4 Å². The highest BCUT2D eigenvalue weighted by Gasteiger charge is 2.31. The van der Waals surface area contributed by atoms with Crippen molar-refractivity contribution in [2.24, 2.45) is 0 Å². The monoisotopic (exact) mass is 301 g/mol. The first-order chi connectivity index (χ1) is 9.32. The zero-order valence-electron chi connectivity index (χ0n) is 11.7. The Morgan fingerprint density at radius 1 is 1.40 bits per heavy atom. The molecule has 1 aromatic carbocycles. The predicted molar refractivity (Wildman–Crippen MR) is 76.3 cm³/mol. The summed E-state index contributed by atoms with van der Waals surface area (Å²) in [4.78, 5) is 1.98. The van der Waals surface area contributed by atoms with E-state index in [4.69, 9.17) is 5.73 Å². The number of benzene rings is 1. The third kappa shape index (κ3) is 2.94. The molecule has 1 aromatic rings. The fraction of sp³-hybridized carbons (Fsp3) is 0.538. The van der Waals surface area contributed by atoms with Crippen molar-refractivity contribution < 1.29 is 12.8 Å². The lowest BCUT2D eigenvalue weighted by Crippen LogP contribution is -2.47. The van der Waals surface area contributed by atoms with Gasteiger partial charge in [-0.15, -0.1) is 0 Å². The molecule has 0 amide bonds. The summed E-state index contributed by atoms with van der Waals surface area (Å²) in [6, 6.07) is 3.82. The molecule has 0 aliphatic carbocycles. The van der Waals surface area contributed by atoms with Crippen LogP contribution in [0, 0.1) is 5.82 Å². The highest BCUT2D eigenvalue weighted by Crippen LogP contribution is 2.24. The number of likely N-dealkylation sites (N-methyl/N-ethyl adjacent to an activating group) is 1. The van der Waals surface area contributed by atoms with Crippen LogP contribution in [0.15, 0.2) is 23.1 Å². The van der Waals surface area contributed by atoms with E-state index in [-0.39, 0.29) is 16.6 Å². The standard InChI is InChI=1S/C13H20FN3O2S/c1-16(2)10-4-3-7-17(9-10)20(18,19)11-5-6-13(15)12(14)8-11/h5-6,8,10H,3-4,7,9,15H2,1-2H3. The van der Waals surface area contributed by atoms with Crippen molar-refractivity contribution >= 4 is 15.7 Å². The van der Waals surface area contributed by atoms with Gasteiger partial charge in [-0.05, 0) is 45.1 Å². The van der Waals surface area contributed by atoms with Crippen LogP contribution in [0.1, 0.15) is 12.8 Å². The van der Waals surface area contributed by atoms with Gasteiger partial charge in [0.25, 0.3) is 0 Å². The minimum absolute atomic E-state index is 0.0383. The number of nitrogen functional groups attached to an aromatic ring is 1. The molecule has 0 saturated carbocycles. The average molecular weight is 301 g/mol. The fourth-order valence-corrected chi connectivity index (χ4v) is 3.91. The molecule has 1 saturated heterocycles. The van der Waals surface area contributed by atoms with Crippen LogP contribution < -0.4 is 5.73 Å². The molecule has 0 spiro atoms. The summed E-state index contributed by atoms with van der Waals surface area (Å²) in [5.74, 6) is -0.702. The minimum atomic E-state index is -3.66. The highest BCUT2D eigenvalue weighted by molar-refractivity contribution is 7.89. The van der Waals surface area contributed by atoms with Gasteiger partial charge in [-0.1, -0.05) is 0 Å². The highest BCUT2D eigenvalue weighted by atomic mass is 32.2. The summed E-state index contributed by atoms with van der Waals surface area (Å²) in [5.41, 5.74) is 5.33. The topological polar surface area (TPSA) is 66.6 Å². The summed E-state index contributed by atoms with van der Waals surface area (Å²) in [7, 11) is 0.212. The lowest BCUT2D eigenvalue weighted by Gasteiger charge is -2.35. The number of hydrogen-bond donors (Lipinski definition) is 1. The first-order valence-corrected chi connectivity index (χ1v) is 7.98. The first-order valence-electron chi connectivity index (χ1n) is 6.54. The van der Waals surface area contributed by atoms with Crippen molar-refractivity contribution in [2.45, 2.75) is 23.8 Å². The molecule has 1 atom stereocenters. The van der Waals surface area contributed by atoms with E-state index in [1.807, 2.05) is 19.0 Å². The quantitative estimate of drug-likeness (QED) is 0.850. The SMILES string of the molecule is CN(C)C1CCCN(S(=O)(=O)c2ccc(N)c(F)c2)C1. The third-order valence-electron chi connectivity index (χ3n) is 3.70. The molecule has 112 valence electrons. The molecule has 0 bridgehead atoms. The second-order valence-electron chi connectivity index (χ2n) is 5.31. The van der Waals surface area contributed by atoms with Gasteiger partial charge in [0.15, 0.2) is 0 Å². The lowest BCUT2D eigenvalue weighted by molar-refractivity contribution is 0.190. The van der Waals surface area contributed by atoms with Crippen LogP contribution in [-0.2, 0) is 10.0 Å². The molecule has 0 radical (unpaired) electrons. The van der Waals surface area contributed by atoms with Crippen molar-refractivity contribution in [3.05, 3.63) is 24.0 Å². The van der Waals surface area contributed by atoms with Gasteiger partial charge in [-0.25, -0.2) is 12.8 Å². The number of anilines is 1. The van der Waals surface area contributed by atoms with Crippen LogP contribution in [0.25, 0.3) is 0 Å². The molecule has 20 heavy (non-hydrogen) atoms. The number of rotatable bonds is 3. The maximum atomic E-state index is 13.5. The van der Waals surface area contributed by atoms with E-state index in [1.54, 1.807) is 0 Å². The Morgan fingerprint density at radius 3 is 2.70 bits per heavy atom. The molecule has 0 aromatic heterocycles. The molecule has 1 aliphatic rings. The Labute approximate surface area is 119 Å². The number of nitrogens with zero attached hydrogens (tertiary/aromatic N) is 2. The van der Waals surface area contributed by atoms with E-state index >= 15 is 0 Å². The average Bonchev–Trinajstić information content (AvgIpc) is 2.42. The van der Waals surface area contributed by atoms with Gasteiger partial charge in [0, 0.05) is 19.1 Å². The molecular formula is C13H20FN3O2S. The number of nitrogens with two attached hydrogens (primary N) is 1. The van der Waals surface area contributed by atoms with E-state index in [0.29, 0.717) is 13.1 Å². The van der Waals surface area contributed by atoms with Gasteiger partial charge < -0.3 is 10.6 Å². The van der Waals surface area contributed by atoms with Crippen LogP contribution in [0.2, 0.25) is 0 Å². The second kappa shape index (κ2) is 5.67. The predicted octanol–water partition coefficient (Wildman–Crippen LogP) is 1.12. The van der Waals surface area contributed by atoms with Crippen LogP contribution in [0.3, 0.4) is 0 Å². The van der Waals surface area contributed by atoms with Gasteiger partial charge in [-0.3, -0.25) is 0 Å². The zero-order valence-corrected chi connectivity index (χ0v) is 12.5. The molecule has 1 unspecified atom stereocenters. The summed E-state index contributed by atoms with van der Waals surface area (Å²) in [6.45, 7) is 0.903. The van der Waals surface area contributed by atoms with Gasteiger partial charge in [-0.2, -0.15) is 4.31 Å². The Hall–Kier alpha value is -1.18. The minimum Gasteiger partial charge on any atom is -0.396 e. The van der Waals surface area contributed by atoms with Gasteiger partial charge in [0.1, 0.15) is 5.82 Å². The summed E-state index contributed by atoms with van der Waals surface area (Å²) in [6.07, 6.45) is 1.77. The smallest absolute Gasteiger partial charge is 0.243 e. The van der Waals surface area contributed by atoms with Crippen molar-refractivity contribution in [2.75, 3.05) is 32.9 Å². The van der Waals surface area contributed by atoms with E-state index in [9.17, 15) is 12.8 Å². The van der Waals surface area contributed by atoms with Crippen LogP contribution >= 0.6 is 0 Å². The number of hydrogen-bond acceptors (Lipinski definition) is 4. The molecule has 1 aliphatic heterocycles. The van der Waals surface area contributed by atoms with Crippen molar-refractivity contribution in [3.63, 3.8) is 0 Å². The lowest BCUT2D eigenvalue weighted by atomic mass is 10.1. The Balaban J connectivity index is 2.27. The van der Waals surface area contributed by atoms with Gasteiger partial charge >= 0.3 is 0 Å². The van der Waals surface area contributed by atoms with E-state index in [2.05, 4.69) is 0 Å². The maximum absolute atomic E-state index is 13.5. The van der Waals surface area contributed by atoms with Crippen molar-refractivity contribution in [3.8, 4) is 0 Å². The van der Waals surface area contributed by atoms with Crippen LogP contribution in [-0.4, -0.2) is 50.8 Å². The first kappa shape index (κ1) is 15.2. The summed E-state index contributed by atoms with van der Waals surface area (Å²) < 4.78 is 39.9. The number of sulfonamides is 1. The molecule has 7 heteroatoms. The molecule has 1 heterocycles. The third-order valence-corrected chi connectivity index (χ3v) is 5.56. The summed E-state index contributed by atoms with van der Waals surface area (Å²) >= 11 is 0. The molecule has 1 fully saturated rings. The normalized spacial score (nSPS) is 21.3. The molecular weight excluding hydrogens is 281 g/mol. The largest absolute Gasteiger partial charge is 0.396 e. The summed E-state index contributed by atoms with van der Waals surface area (Å²) in [5, 5.41) is 0. The zero-order chi connectivity index (χ0) is 14.9. The van der Waals surface area contributed by atoms with E-state index < -0.39 is 15.8 Å². The Morgan fingerprint density at radius 2 is 2.10 bits per heavy atom. The molecule has 5 nitrogen and oxygen atoms in total. The molecule has 2 rings (SSSR count). The van der Waals surface area contributed by atoms with Crippen LogP contribution in [0.4, 0.5) is 10.1 Å². The number of piperidine rings is 1. The van der Waals surface area contributed by atoms with Gasteiger partial charge in [0.2, 0.25) is 10.0 Å². The molecule has 2 N–H and O–H groups in total. The second-order valence-corrected chi connectivity index (χ2v) is 7.24. The Bertz CT molecular complexity index is 589. The van der Waals surface area contributed by atoms with E-state index in [0.717, 1.165) is 18.9 Å². The van der Waals surface area contributed by atoms with Crippen LogP contribution in [0.5, 0.6) is 0 Å².